The van der Waals surface area contributed by atoms with Crippen LogP contribution in [-0.2, 0) is 6.54 Å². The van der Waals surface area contributed by atoms with E-state index in [1.54, 1.807) is 0 Å². The Morgan fingerprint density at radius 2 is 2.23 bits per heavy atom. The van der Waals surface area contributed by atoms with Crippen LogP contribution in [0.2, 0.25) is 5.02 Å². The molecule has 72 valence electrons. The third-order valence-corrected chi connectivity index (χ3v) is 2.31. The SMILES string of the molecule is Cc1c(C(F)F)ncc(CN)c1Cl. The lowest BCUT2D eigenvalue weighted by molar-refractivity contribution is 0.145. The monoisotopic (exact) mass is 206 g/mol. The van der Waals surface area contributed by atoms with Crippen LogP contribution in [0.3, 0.4) is 0 Å². The van der Waals surface area contributed by atoms with E-state index in [4.69, 9.17) is 17.3 Å². The molecule has 0 aliphatic heterocycles. The number of hydrogen-bond donors (Lipinski definition) is 1. The summed E-state index contributed by atoms with van der Waals surface area (Å²) in [7, 11) is 0. The van der Waals surface area contributed by atoms with Crippen molar-refractivity contribution in [1.82, 2.24) is 4.98 Å². The smallest absolute Gasteiger partial charge is 0.280 e. The van der Waals surface area contributed by atoms with E-state index in [0.29, 0.717) is 11.1 Å². The number of pyridine rings is 1. The van der Waals surface area contributed by atoms with Crippen LogP contribution in [0.4, 0.5) is 8.78 Å². The molecule has 1 aromatic heterocycles. The van der Waals surface area contributed by atoms with Gasteiger partial charge in [0.25, 0.3) is 6.43 Å². The lowest BCUT2D eigenvalue weighted by atomic mass is 10.1. The van der Waals surface area contributed by atoms with Gasteiger partial charge in [-0.3, -0.25) is 4.98 Å². The topological polar surface area (TPSA) is 38.9 Å². The summed E-state index contributed by atoms with van der Waals surface area (Å²) in [5, 5.41) is 0.285. The number of rotatable bonds is 2. The molecule has 0 amide bonds. The van der Waals surface area contributed by atoms with Crippen LogP contribution < -0.4 is 5.73 Å². The number of alkyl halides is 2. The Bertz CT molecular complexity index is 315. The van der Waals surface area contributed by atoms with Crippen molar-refractivity contribution in [2.24, 2.45) is 5.73 Å². The third kappa shape index (κ3) is 1.95. The van der Waals surface area contributed by atoms with Gasteiger partial charge in [-0.05, 0) is 12.5 Å². The first kappa shape index (κ1) is 10.3. The van der Waals surface area contributed by atoms with Crippen LogP contribution in [0, 0.1) is 6.92 Å². The van der Waals surface area contributed by atoms with Crippen LogP contribution >= 0.6 is 11.6 Å². The van der Waals surface area contributed by atoms with Crippen molar-refractivity contribution in [3.05, 3.63) is 28.0 Å². The molecular weight excluding hydrogens is 198 g/mol. The second-order valence-corrected chi connectivity index (χ2v) is 2.99. The summed E-state index contributed by atoms with van der Waals surface area (Å²) in [6.45, 7) is 1.71. The number of aromatic nitrogens is 1. The summed E-state index contributed by atoms with van der Waals surface area (Å²) in [6, 6.07) is 0. The van der Waals surface area contributed by atoms with Gasteiger partial charge in [-0.25, -0.2) is 8.78 Å². The van der Waals surface area contributed by atoms with Gasteiger partial charge in [0.05, 0.1) is 5.02 Å². The predicted octanol–water partition coefficient (Wildman–Crippen LogP) is 2.44. The molecule has 0 aliphatic carbocycles. The van der Waals surface area contributed by atoms with E-state index >= 15 is 0 Å². The molecule has 1 heterocycles. The normalized spacial score (nSPS) is 10.9. The van der Waals surface area contributed by atoms with E-state index in [1.807, 2.05) is 0 Å². The fraction of sp³-hybridized carbons (Fsp3) is 0.375. The maximum Gasteiger partial charge on any atom is 0.280 e. The molecule has 0 spiro atoms. The molecule has 0 aromatic carbocycles. The Labute approximate surface area is 79.7 Å². The Kier molecular flexibility index (Phi) is 3.17. The molecule has 0 unspecified atom stereocenters. The minimum absolute atomic E-state index is 0.205. The first-order valence-electron chi connectivity index (χ1n) is 3.70. The molecule has 1 aromatic rings. The maximum absolute atomic E-state index is 12.3. The fourth-order valence-corrected chi connectivity index (χ4v) is 1.24. The van der Waals surface area contributed by atoms with Crippen molar-refractivity contribution in [3.8, 4) is 0 Å². The molecule has 1 rings (SSSR count). The van der Waals surface area contributed by atoms with E-state index < -0.39 is 6.43 Å². The summed E-state index contributed by atoms with van der Waals surface area (Å²) in [5.41, 5.74) is 5.95. The largest absolute Gasteiger partial charge is 0.326 e. The second-order valence-electron chi connectivity index (χ2n) is 2.61. The summed E-state index contributed by atoms with van der Waals surface area (Å²) in [4.78, 5) is 3.59. The van der Waals surface area contributed by atoms with E-state index in [0.717, 1.165) is 0 Å². The van der Waals surface area contributed by atoms with Gasteiger partial charge in [0.1, 0.15) is 5.69 Å². The number of hydrogen-bond acceptors (Lipinski definition) is 2. The molecule has 0 aliphatic rings. The first-order chi connectivity index (χ1) is 6.07. The highest BCUT2D eigenvalue weighted by molar-refractivity contribution is 6.32. The molecule has 5 heteroatoms. The predicted molar refractivity (Wildman–Crippen MR) is 46.8 cm³/mol. The van der Waals surface area contributed by atoms with E-state index in [-0.39, 0.29) is 17.3 Å². The molecule has 0 bridgehead atoms. The zero-order valence-corrected chi connectivity index (χ0v) is 7.78. The Hall–Kier alpha value is -0.740. The van der Waals surface area contributed by atoms with Crippen LogP contribution in [0.5, 0.6) is 0 Å². The van der Waals surface area contributed by atoms with Gasteiger partial charge in [0.15, 0.2) is 0 Å². The fourth-order valence-electron chi connectivity index (χ4n) is 1.02. The van der Waals surface area contributed by atoms with Crippen molar-refractivity contribution in [3.63, 3.8) is 0 Å². The zero-order chi connectivity index (χ0) is 10.0. The third-order valence-electron chi connectivity index (χ3n) is 1.78. The number of halogens is 3. The molecule has 0 saturated carbocycles. The van der Waals surface area contributed by atoms with E-state index in [2.05, 4.69) is 4.98 Å². The molecule has 0 atom stereocenters. The van der Waals surface area contributed by atoms with Crippen molar-refractivity contribution < 1.29 is 8.78 Å². The van der Waals surface area contributed by atoms with Crippen molar-refractivity contribution >= 4 is 11.6 Å². The molecule has 13 heavy (non-hydrogen) atoms. The van der Waals surface area contributed by atoms with E-state index in [1.165, 1.54) is 13.1 Å². The van der Waals surface area contributed by atoms with Crippen LogP contribution in [-0.4, -0.2) is 4.98 Å². The standard InChI is InChI=1S/C8H9ClF2N2/c1-4-6(9)5(2-12)3-13-7(4)8(10)11/h3,8H,2,12H2,1H3. The molecule has 2 N–H and O–H groups in total. The molecule has 0 radical (unpaired) electrons. The van der Waals surface area contributed by atoms with Gasteiger partial charge in [-0.2, -0.15) is 0 Å². The maximum atomic E-state index is 12.3. The average Bonchev–Trinajstić information content (AvgIpc) is 2.09. The average molecular weight is 207 g/mol. The Morgan fingerprint density at radius 3 is 2.69 bits per heavy atom. The van der Waals surface area contributed by atoms with Crippen molar-refractivity contribution in [1.29, 1.82) is 0 Å². The zero-order valence-electron chi connectivity index (χ0n) is 7.02. The Morgan fingerprint density at radius 1 is 1.62 bits per heavy atom. The highest BCUT2D eigenvalue weighted by atomic mass is 35.5. The van der Waals surface area contributed by atoms with Gasteiger partial charge in [0, 0.05) is 18.3 Å². The summed E-state index contributed by atoms with van der Waals surface area (Å²) >= 11 is 5.79. The lowest BCUT2D eigenvalue weighted by Crippen LogP contribution is -2.03. The second kappa shape index (κ2) is 3.98. The van der Waals surface area contributed by atoms with Crippen molar-refractivity contribution in [2.45, 2.75) is 19.9 Å². The number of nitrogens with zero attached hydrogens (tertiary/aromatic N) is 1. The van der Waals surface area contributed by atoms with Gasteiger partial charge in [-0.15, -0.1) is 0 Å². The lowest BCUT2D eigenvalue weighted by Gasteiger charge is -2.08. The Balaban J connectivity index is 3.23. The molecule has 0 saturated heterocycles. The van der Waals surface area contributed by atoms with Crippen LogP contribution in [0.15, 0.2) is 6.20 Å². The van der Waals surface area contributed by atoms with Gasteiger partial charge >= 0.3 is 0 Å². The van der Waals surface area contributed by atoms with Gasteiger partial charge in [0.2, 0.25) is 0 Å². The minimum atomic E-state index is -2.59. The quantitative estimate of drug-likeness (QED) is 0.807. The van der Waals surface area contributed by atoms with Crippen molar-refractivity contribution in [2.75, 3.05) is 0 Å². The highest BCUT2D eigenvalue weighted by Gasteiger charge is 2.15. The first-order valence-corrected chi connectivity index (χ1v) is 4.07. The van der Waals surface area contributed by atoms with Crippen LogP contribution in [0.25, 0.3) is 0 Å². The minimum Gasteiger partial charge on any atom is -0.326 e. The summed E-state index contributed by atoms with van der Waals surface area (Å²) < 4.78 is 24.6. The van der Waals surface area contributed by atoms with E-state index in [9.17, 15) is 8.78 Å². The molecular formula is C8H9ClF2N2. The molecule has 0 fully saturated rings. The number of nitrogens with two attached hydrogens (primary N) is 1. The van der Waals surface area contributed by atoms with Gasteiger partial charge < -0.3 is 5.73 Å². The molecule has 2 nitrogen and oxygen atoms in total. The summed E-state index contributed by atoms with van der Waals surface area (Å²) in [6.07, 6.45) is -1.30. The van der Waals surface area contributed by atoms with Crippen LogP contribution in [0.1, 0.15) is 23.2 Å². The summed E-state index contributed by atoms with van der Waals surface area (Å²) in [5.74, 6) is 0. The highest BCUT2D eigenvalue weighted by Crippen LogP contribution is 2.27. The van der Waals surface area contributed by atoms with Gasteiger partial charge in [-0.1, -0.05) is 11.6 Å².